The summed E-state index contributed by atoms with van der Waals surface area (Å²) < 4.78 is 4.72. The molecule has 0 aliphatic carbocycles. The third-order valence-corrected chi connectivity index (χ3v) is 2.74. The van der Waals surface area contributed by atoms with E-state index in [1.54, 1.807) is 20.8 Å². The molecule has 0 unspecified atom stereocenters. The SMILES string of the molecule is COC(=O)[C@@H]1CCCCN1OC(=O)C(C)(C)C. The van der Waals surface area contributed by atoms with Gasteiger partial charge in [-0.05, 0) is 40.0 Å². The van der Waals surface area contributed by atoms with Gasteiger partial charge in [0.2, 0.25) is 0 Å². The molecule has 98 valence electrons. The lowest BCUT2D eigenvalue weighted by Gasteiger charge is -2.33. The van der Waals surface area contributed by atoms with Gasteiger partial charge in [-0.15, -0.1) is 5.06 Å². The molecular weight excluding hydrogens is 222 g/mol. The van der Waals surface area contributed by atoms with E-state index in [9.17, 15) is 9.59 Å². The lowest BCUT2D eigenvalue weighted by Crippen LogP contribution is -2.47. The molecule has 0 aromatic heterocycles. The number of piperidine rings is 1. The van der Waals surface area contributed by atoms with E-state index < -0.39 is 11.5 Å². The minimum absolute atomic E-state index is 0.326. The van der Waals surface area contributed by atoms with Gasteiger partial charge in [-0.25, -0.2) is 4.79 Å². The van der Waals surface area contributed by atoms with Gasteiger partial charge in [0, 0.05) is 6.54 Å². The Hall–Kier alpha value is -1.10. The molecule has 5 heteroatoms. The average molecular weight is 243 g/mol. The fraction of sp³-hybridized carbons (Fsp3) is 0.833. The van der Waals surface area contributed by atoms with Crippen LogP contribution >= 0.6 is 0 Å². The number of nitrogens with zero attached hydrogens (tertiary/aromatic N) is 1. The van der Waals surface area contributed by atoms with Crippen molar-refractivity contribution in [3.05, 3.63) is 0 Å². The molecule has 0 N–H and O–H groups in total. The topological polar surface area (TPSA) is 55.8 Å². The summed E-state index contributed by atoms with van der Waals surface area (Å²) in [6.07, 6.45) is 2.54. The van der Waals surface area contributed by atoms with Gasteiger partial charge >= 0.3 is 11.9 Å². The van der Waals surface area contributed by atoms with Crippen molar-refractivity contribution in [3.8, 4) is 0 Å². The fourth-order valence-corrected chi connectivity index (χ4v) is 1.63. The number of carbonyl (C=O) groups excluding carboxylic acids is 2. The van der Waals surface area contributed by atoms with Crippen LogP contribution in [0.1, 0.15) is 40.0 Å². The zero-order valence-corrected chi connectivity index (χ0v) is 11.0. The van der Waals surface area contributed by atoms with Crippen LogP contribution in [0.3, 0.4) is 0 Å². The number of hydrogen-bond donors (Lipinski definition) is 0. The Balaban J connectivity index is 2.66. The molecular formula is C12H21NO4. The van der Waals surface area contributed by atoms with E-state index in [-0.39, 0.29) is 11.9 Å². The third kappa shape index (κ3) is 3.70. The molecule has 0 saturated carbocycles. The molecule has 0 spiro atoms. The maximum Gasteiger partial charge on any atom is 0.330 e. The van der Waals surface area contributed by atoms with Crippen LogP contribution in [0, 0.1) is 5.41 Å². The number of rotatable bonds is 2. The van der Waals surface area contributed by atoms with E-state index in [1.165, 1.54) is 12.2 Å². The monoisotopic (exact) mass is 243 g/mol. The molecule has 1 atom stereocenters. The average Bonchev–Trinajstić information content (AvgIpc) is 2.27. The summed E-state index contributed by atoms with van der Waals surface area (Å²) in [6, 6.07) is -0.458. The lowest BCUT2D eigenvalue weighted by atomic mass is 9.97. The van der Waals surface area contributed by atoms with Gasteiger partial charge in [0.15, 0.2) is 0 Å². The van der Waals surface area contributed by atoms with E-state index in [0.29, 0.717) is 13.0 Å². The number of hydrogen-bond acceptors (Lipinski definition) is 5. The molecule has 1 saturated heterocycles. The first-order valence-electron chi connectivity index (χ1n) is 5.93. The normalized spacial score (nSPS) is 22.0. The maximum atomic E-state index is 11.8. The van der Waals surface area contributed by atoms with Crippen LogP contribution in [-0.2, 0) is 19.2 Å². The summed E-state index contributed by atoms with van der Waals surface area (Å²) >= 11 is 0. The Morgan fingerprint density at radius 1 is 1.24 bits per heavy atom. The Morgan fingerprint density at radius 2 is 1.88 bits per heavy atom. The maximum absolute atomic E-state index is 11.8. The first-order valence-corrected chi connectivity index (χ1v) is 5.93. The highest BCUT2D eigenvalue weighted by molar-refractivity contribution is 5.77. The Morgan fingerprint density at radius 3 is 2.41 bits per heavy atom. The van der Waals surface area contributed by atoms with Crippen molar-refractivity contribution in [2.24, 2.45) is 5.41 Å². The molecule has 0 aromatic carbocycles. The predicted octanol–water partition coefficient (Wildman–Crippen LogP) is 1.52. The molecule has 0 radical (unpaired) electrons. The molecule has 0 amide bonds. The predicted molar refractivity (Wildman–Crippen MR) is 61.9 cm³/mol. The zero-order chi connectivity index (χ0) is 13.1. The standard InChI is InChI=1S/C12H21NO4/c1-12(2,3)11(15)17-13-8-6-5-7-9(13)10(14)16-4/h9H,5-8H2,1-4H3/t9-/m0/s1. The highest BCUT2D eigenvalue weighted by atomic mass is 16.7. The molecule has 1 aliphatic heterocycles. The van der Waals surface area contributed by atoms with Crippen LogP contribution in [0.4, 0.5) is 0 Å². The second-order valence-corrected chi connectivity index (χ2v) is 5.30. The van der Waals surface area contributed by atoms with E-state index in [1.807, 2.05) is 0 Å². The Bertz CT molecular complexity index is 295. The summed E-state index contributed by atoms with van der Waals surface area (Å²) in [4.78, 5) is 28.6. The van der Waals surface area contributed by atoms with Crippen LogP contribution < -0.4 is 0 Å². The number of ether oxygens (including phenoxy) is 1. The molecule has 1 rings (SSSR count). The lowest BCUT2D eigenvalue weighted by molar-refractivity contribution is -0.220. The van der Waals surface area contributed by atoms with Crippen molar-refractivity contribution in [3.63, 3.8) is 0 Å². The van der Waals surface area contributed by atoms with Crippen LogP contribution in [0.15, 0.2) is 0 Å². The first kappa shape index (κ1) is 14.0. The Kier molecular flexibility index (Phi) is 4.51. The van der Waals surface area contributed by atoms with Gasteiger partial charge in [-0.1, -0.05) is 0 Å². The van der Waals surface area contributed by atoms with Gasteiger partial charge in [0.1, 0.15) is 6.04 Å². The molecule has 1 fully saturated rings. The smallest absolute Gasteiger partial charge is 0.330 e. The van der Waals surface area contributed by atoms with Gasteiger partial charge in [0.05, 0.1) is 12.5 Å². The summed E-state index contributed by atoms with van der Waals surface area (Å²) in [5.41, 5.74) is -0.571. The molecule has 1 aliphatic rings. The second kappa shape index (κ2) is 5.49. The number of hydroxylamine groups is 2. The molecule has 5 nitrogen and oxygen atoms in total. The molecule has 0 bridgehead atoms. The van der Waals surface area contributed by atoms with Crippen LogP contribution in [0.25, 0.3) is 0 Å². The van der Waals surface area contributed by atoms with E-state index in [2.05, 4.69) is 0 Å². The second-order valence-electron chi connectivity index (χ2n) is 5.30. The zero-order valence-electron chi connectivity index (χ0n) is 11.0. The summed E-state index contributed by atoms with van der Waals surface area (Å²) in [7, 11) is 1.35. The van der Waals surface area contributed by atoms with Gasteiger partial charge < -0.3 is 9.57 Å². The minimum Gasteiger partial charge on any atom is -0.468 e. The highest BCUT2D eigenvalue weighted by Gasteiger charge is 2.35. The molecule has 17 heavy (non-hydrogen) atoms. The molecule has 1 heterocycles. The van der Waals surface area contributed by atoms with Crippen molar-refractivity contribution in [2.45, 2.75) is 46.1 Å². The van der Waals surface area contributed by atoms with Gasteiger partial charge in [-0.2, -0.15) is 0 Å². The Labute approximate surface area is 102 Å². The van der Waals surface area contributed by atoms with Crippen molar-refractivity contribution < 1.29 is 19.2 Å². The quantitative estimate of drug-likeness (QED) is 0.688. The molecule has 0 aromatic rings. The van der Waals surface area contributed by atoms with E-state index in [0.717, 1.165) is 12.8 Å². The van der Waals surface area contributed by atoms with Crippen molar-refractivity contribution in [1.82, 2.24) is 5.06 Å². The number of esters is 1. The number of methoxy groups -OCH3 is 1. The number of carbonyl (C=O) groups is 2. The fourth-order valence-electron chi connectivity index (χ4n) is 1.63. The van der Waals surface area contributed by atoms with Gasteiger partial charge in [-0.3, -0.25) is 4.79 Å². The van der Waals surface area contributed by atoms with Gasteiger partial charge in [0.25, 0.3) is 0 Å². The van der Waals surface area contributed by atoms with E-state index >= 15 is 0 Å². The summed E-state index contributed by atoms with van der Waals surface area (Å²) in [5.74, 6) is -0.667. The van der Waals surface area contributed by atoms with Crippen molar-refractivity contribution in [1.29, 1.82) is 0 Å². The minimum atomic E-state index is -0.571. The third-order valence-electron chi connectivity index (χ3n) is 2.74. The van der Waals surface area contributed by atoms with Crippen LogP contribution in [0.5, 0.6) is 0 Å². The van der Waals surface area contributed by atoms with Crippen LogP contribution in [-0.4, -0.2) is 36.7 Å². The summed E-state index contributed by atoms with van der Waals surface area (Å²) in [5, 5.41) is 1.46. The van der Waals surface area contributed by atoms with E-state index in [4.69, 9.17) is 9.57 Å². The summed E-state index contributed by atoms with van der Waals surface area (Å²) in [6.45, 7) is 5.94. The van der Waals surface area contributed by atoms with Crippen LogP contribution in [0.2, 0.25) is 0 Å². The van der Waals surface area contributed by atoms with Crippen molar-refractivity contribution in [2.75, 3.05) is 13.7 Å². The largest absolute Gasteiger partial charge is 0.468 e. The van der Waals surface area contributed by atoms with Crippen molar-refractivity contribution >= 4 is 11.9 Å². The first-order chi connectivity index (χ1) is 7.86. The highest BCUT2D eigenvalue weighted by Crippen LogP contribution is 2.22.